The van der Waals surface area contributed by atoms with E-state index in [1.807, 2.05) is 18.7 Å². The Morgan fingerprint density at radius 3 is 1.61 bits per heavy atom. The Labute approximate surface area is 434 Å². The SMILES string of the molecule is CC1(C)OC[C@@H](COc2cnc(NC(=O)N3c4nc(-c5cccc(C(F)(F)F)c5)ncc4N4CC[C@H]3C4)nc2)O1.O=C(Nc1ncc(OC[C@@H](O)CO)cn1)N1c2nc(-c3cccc(C(F)(F)F)c3)ncc2N2CC[C@H]1C2. The molecule has 22 nitrogen and oxygen atoms in total. The summed E-state index contributed by atoms with van der Waals surface area (Å²) < 4.78 is 102. The molecule has 4 bridgehead atoms. The number of benzene rings is 2. The van der Waals surface area contributed by atoms with E-state index >= 15 is 0 Å². The van der Waals surface area contributed by atoms with E-state index < -0.39 is 54.0 Å². The maximum atomic E-state index is 13.4. The van der Waals surface area contributed by atoms with Gasteiger partial charge in [-0.3, -0.25) is 20.4 Å². The lowest BCUT2D eigenvalue weighted by Gasteiger charge is -2.35. The first kappa shape index (κ1) is 52.4. The van der Waals surface area contributed by atoms with Gasteiger partial charge in [0.15, 0.2) is 40.6 Å². The van der Waals surface area contributed by atoms with Gasteiger partial charge >= 0.3 is 24.4 Å². The molecule has 28 heteroatoms. The molecular weight excluding hydrogens is 1030 g/mol. The highest BCUT2D eigenvalue weighted by atomic mass is 19.4. The number of anilines is 6. The van der Waals surface area contributed by atoms with E-state index in [1.165, 1.54) is 65.0 Å². The first-order chi connectivity index (χ1) is 36.8. The molecular formula is C49H48F6N14O8. The van der Waals surface area contributed by atoms with Crippen molar-refractivity contribution in [2.24, 2.45) is 0 Å². The maximum Gasteiger partial charge on any atom is 0.416 e. The fourth-order valence-electron chi connectivity index (χ4n) is 9.20. The third-order valence-corrected chi connectivity index (χ3v) is 12.9. The van der Waals surface area contributed by atoms with Gasteiger partial charge < -0.3 is 39.0 Å². The molecule has 3 saturated heterocycles. The average molecular weight is 1080 g/mol. The second kappa shape index (κ2) is 21.2. The van der Waals surface area contributed by atoms with Crippen molar-refractivity contribution in [1.29, 1.82) is 0 Å². The zero-order valence-electron chi connectivity index (χ0n) is 40.9. The number of aliphatic hydroxyl groups is 2. The van der Waals surface area contributed by atoms with Gasteiger partial charge in [-0.15, -0.1) is 0 Å². The normalized spacial score (nSPS) is 19.4. The maximum absolute atomic E-state index is 13.4. The van der Waals surface area contributed by atoms with Crippen molar-refractivity contribution in [2.45, 2.75) is 69.1 Å². The van der Waals surface area contributed by atoms with Gasteiger partial charge in [0.2, 0.25) is 11.9 Å². The van der Waals surface area contributed by atoms with Gasteiger partial charge in [0.25, 0.3) is 0 Å². The highest BCUT2D eigenvalue weighted by Crippen LogP contribution is 2.42. The molecule has 77 heavy (non-hydrogen) atoms. The van der Waals surface area contributed by atoms with Gasteiger partial charge in [-0.05, 0) is 51.0 Å². The zero-order chi connectivity index (χ0) is 54.2. The van der Waals surface area contributed by atoms with Gasteiger partial charge in [-0.25, -0.2) is 49.5 Å². The fourth-order valence-corrected chi connectivity index (χ4v) is 9.20. The van der Waals surface area contributed by atoms with E-state index in [9.17, 15) is 41.0 Å². The molecule has 3 fully saturated rings. The predicted octanol–water partition coefficient (Wildman–Crippen LogP) is 6.43. The van der Waals surface area contributed by atoms with Gasteiger partial charge in [-0.1, -0.05) is 24.3 Å². The number of rotatable bonds is 11. The summed E-state index contributed by atoms with van der Waals surface area (Å²) >= 11 is 0. The smallest absolute Gasteiger partial charge is 0.416 e. The number of alkyl halides is 6. The lowest BCUT2D eigenvalue weighted by atomic mass is 10.1. The van der Waals surface area contributed by atoms with Crippen LogP contribution in [0.1, 0.15) is 37.8 Å². The van der Waals surface area contributed by atoms with Crippen molar-refractivity contribution >= 4 is 47.0 Å². The van der Waals surface area contributed by atoms with Crippen LogP contribution in [0.15, 0.2) is 85.7 Å². The van der Waals surface area contributed by atoms with E-state index in [4.69, 9.17) is 24.1 Å². The van der Waals surface area contributed by atoms with Crippen LogP contribution >= 0.6 is 0 Å². The standard InChI is InChI=1S/C26H26F3N7O4.C23H22F3N7O4/c1-25(2)39-14-19(40-25)13-38-18-9-31-23(32-10-18)34-24(37)36-17-6-7-35(12-17)20-11-30-21(33-22(20)36)15-4-3-5-16(8-15)26(27,28)29;24-23(25,26)14-3-1-2-13(6-14)19-27-9-18-20(30-19)33(15-4-5-32(18)10-15)22(36)31-21-28-7-17(8-29-21)37-12-16(35)11-34/h3-5,8-11,17,19H,6-7,12-14H2,1-2H3,(H,31,32,34,37);1-3,6-9,15-16,34-35H,4-5,10-12H2,(H,28,29,31,36)/t17-,19+;15-,16-/m00/s1. The second-order valence-electron chi connectivity index (χ2n) is 18.7. The van der Waals surface area contributed by atoms with Gasteiger partial charge in [-0.2, -0.15) is 26.3 Å². The highest BCUT2D eigenvalue weighted by molar-refractivity contribution is 6.04. The summed E-state index contributed by atoms with van der Waals surface area (Å²) in [5.74, 6) is 0.791. The number of hydrogen-bond donors (Lipinski definition) is 4. The van der Waals surface area contributed by atoms with Crippen LogP contribution in [0.25, 0.3) is 22.8 Å². The molecule has 404 valence electrons. The molecule has 0 saturated carbocycles. The summed E-state index contributed by atoms with van der Waals surface area (Å²) in [6.45, 7) is 6.25. The summed E-state index contributed by atoms with van der Waals surface area (Å²) in [4.78, 5) is 67.9. The average Bonchev–Trinajstić information content (AvgIpc) is 4.14. The predicted molar refractivity (Wildman–Crippen MR) is 262 cm³/mol. The molecule has 2 aromatic carbocycles. The summed E-state index contributed by atoms with van der Waals surface area (Å²) in [5, 5.41) is 23.5. The third kappa shape index (κ3) is 11.7. The monoisotopic (exact) mass is 1070 g/mol. The Hall–Kier alpha value is -8.08. The van der Waals surface area contributed by atoms with Crippen LogP contribution in [-0.2, 0) is 21.8 Å². The molecule has 0 radical (unpaired) electrons. The molecule has 6 aromatic rings. The lowest BCUT2D eigenvalue weighted by Crippen LogP contribution is -2.48. The van der Waals surface area contributed by atoms with Crippen LogP contribution in [0.5, 0.6) is 11.5 Å². The number of hydrogen-bond acceptors (Lipinski definition) is 18. The Bertz CT molecular complexity index is 3120. The zero-order valence-corrected chi connectivity index (χ0v) is 40.9. The number of aliphatic hydroxyl groups excluding tert-OH is 2. The topological polar surface area (TPSA) is 252 Å². The van der Waals surface area contributed by atoms with E-state index in [-0.39, 0.29) is 77.6 Å². The Kier molecular flexibility index (Phi) is 14.4. The number of fused-ring (bicyclic) bond motifs is 8. The third-order valence-electron chi connectivity index (χ3n) is 12.9. The largest absolute Gasteiger partial charge is 0.488 e. The first-order valence-electron chi connectivity index (χ1n) is 24.1. The first-order valence-corrected chi connectivity index (χ1v) is 24.1. The number of nitrogens with zero attached hydrogens (tertiary/aromatic N) is 12. The molecule has 4 N–H and O–H groups in total. The summed E-state index contributed by atoms with van der Waals surface area (Å²) in [6.07, 6.45) is -0.357. The van der Waals surface area contributed by atoms with Crippen molar-refractivity contribution in [3.63, 3.8) is 0 Å². The quantitative estimate of drug-likeness (QED) is 0.102. The molecule has 4 amide bonds. The van der Waals surface area contributed by atoms with Crippen LogP contribution in [0, 0.1) is 0 Å². The van der Waals surface area contributed by atoms with Crippen molar-refractivity contribution in [1.82, 2.24) is 39.9 Å². The van der Waals surface area contributed by atoms with Crippen molar-refractivity contribution in [3.8, 4) is 34.3 Å². The molecule has 0 unspecified atom stereocenters. The number of amides is 4. The summed E-state index contributed by atoms with van der Waals surface area (Å²) in [5.41, 5.74) is -0.0150. The number of halogens is 6. The van der Waals surface area contributed by atoms with Gasteiger partial charge in [0.1, 0.15) is 25.4 Å². The highest BCUT2D eigenvalue weighted by Gasteiger charge is 2.43. The number of ether oxygens (including phenoxy) is 4. The van der Waals surface area contributed by atoms with E-state index in [1.54, 1.807) is 6.20 Å². The summed E-state index contributed by atoms with van der Waals surface area (Å²) in [6, 6.07) is 8.05. The minimum absolute atomic E-state index is 0.00538. The lowest BCUT2D eigenvalue weighted by molar-refractivity contribution is -0.141. The van der Waals surface area contributed by atoms with E-state index in [0.717, 1.165) is 24.3 Å². The molecule has 5 aliphatic heterocycles. The Morgan fingerprint density at radius 1 is 0.714 bits per heavy atom. The number of urea groups is 2. The molecule has 0 spiro atoms. The van der Waals surface area contributed by atoms with Crippen molar-refractivity contribution in [3.05, 3.63) is 96.8 Å². The molecule has 4 atom stereocenters. The number of carbonyl (C=O) groups excluding carboxylic acids is 2. The molecule has 0 aliphatic carbocycles. The molecule has 4 aromatic heterocycles. The number of carbonyl (C=O) groups is 2. The second-order valence-corrected chi connectivity index (χ2v) is 18.7. The van der Waals surface area contributed by atoms with Crippen LogP contribution in [0.2, 0.25) is 0 Å². The molecule has 11 rings (SSSR count). The van der Waals surface area contributed by atoms with Crippen LogP contribution in [0.3, 0.4) is 0 Å². The van der Waals surface area contributed by atoms with Crippen molar-refractivity contribution < 1.29 is 65.1 Å². The fraction of sp³-hybridized carbons (Fsp3) is 0.388. The van der Waals surface area contributed by atoms with Crippen molar-refractivity contribution in [2.75, 3.05) is 82.8 Å². The Balaban J connectivity index is 0.000000175. The molecule has 9 heterocycles. The number of aromatic nitrogens is 8. The van der Waals surface area contributed by atoms with Gasteiger partial charge in [0, 0.05) is 37.3 Å². The van der Waals surface area contributed by atoms with Crippen LogP contribution in [0.4, 0.5) is 70.8 Å². The molecule has 5 aliphatic rings. The number of nitrogens with one attached hydrogen (secondary N) is 2. The minimum Gasteiger partial charge on any atom is -0.488 e. The minimum atomic E-state index is -4.51. The van der Waals surface area contributed by atoms with Crippen LogP contribution in [-0.4, -0.2) is 145 Å². The van der Waals surface area contributed by atoms with E-state index in [2.05, 4.69) is 55.4 Å². The van der Waals surface area contributed by atoms with Crippen LogP contribution < -0.4 is 39.7 Å². The summed E-state index contributed by atoms with van der Waals surface area (Å²) in [7, 11) is 0. The van der Waals surface area contributed by atoms with E-state index in [0.29, 0.717) is 68.6 Å². The van der Waals surface area contributed by atoms with Gasteiger partial charge in [0.05, 0.1) is 85.0 Å². The Morgan fingerprint density at radius 2 is 1.18 bits per heavy atom.